The van der Waals surface area contributed by atoms with E-state index in [0.717, 1.165) is 0 Å². The van der Waals surface area contributed by atoms with E-state index in [-0.39, 0.29) is 12.0 Å². The molecule has 0 rings (SSSR count). The molecule has 11 radical (unpaired) electrons. The lowest BCUT2D eigenvalue weighted by Gasteiger charge is -1.95. The summed E-state index contributed by atoms with van der Waals surface area (Å²) >= 11 is 0. The highest BCUT2D eigenvalue weighted by molar-refractivity contribution is 5.85. The highest BCUT2D eigenvalue weighted by Crippen LogP contribution is 1.98. The highest BCUT2D eigenvalue weighted by atomic mass is 16.4. The molecule has 8 heteroatoms. The molecule has 177 valence electrons. The zero-order valence-corrected chi connectivity index (χ0v) is 19.6. The van der Waals surface area contributed by atoms with E-state index in [1.54, 1.807) is 0 Å². The fourth-order valence-corrected chi connectivity index (χ4v) is 0.430. The van der Waals surface area contributed by atoms with Gasteiger partial charge in [0.2, 0.25) is 0 Å². The van der Waals surface area contributed by atoms with Gasteiger partial charge in [-0.25, -0.2) is 35.4 Å². The summed E-state index contributed by atoms with van der Waals surface area (Å²) in [5, 5.41) is 65.8. The van der Waals surface area contributed by atoms with E-state index in [1.165, 1.54) is 54.5 Å². The van der Waals surface area contributed by atoms with Gasteiger partial charge in [-0.15, -0.1) is 0 Å². The minimum Gasteiger partial charge on any atom is -0.478 e. The van der Waals surface area contributed by atoms with Gasteiger partial charge >= 0.3 is 5.97 Å². The number of aliphatic carboxylic acids is 1. The summed E-state index contributed by atoms with van der Waals surface area (Å²) < 4.78 is 0. The monoisotopic (exact) mass is 433 g/mol. The maximum atomic E-state index is 10.4. The molecule has 0 aliphatic rings. The number of carboxylic acid groups (broad SMARTS) is 1. The van der Waals surface area contributed by atoms with E-state index in [1.807, 2.05) is 0 Å². The van der Waals surface area contributed by atoms with Gasteiger partial charge in [-0.05, 0) is 89.5 Å². The van der Waals surface area contributed by atoms with Gasteiger partial charge in [-0.1, -0.05) is 6.08 Å². The summed E-state index contributed by atoms with van der Waals surface area (Å²) in [5.74, 6) is -0.958. The van der Waals surface area contributed by atoms with Gasteiger partial charge in [0.1, 0.15) is 0 Å². The lowest BCUT2D eigenvalue weighted by atomic mass is 10.2. The van der Waals surface area contributed by atoms with Crippen molar-refractivity contribution < 1.29 is 40.5 Å². The fraction of sp³-hybridized carbons (Fsp3) is 0.636. The first-order valence-corrected chi connectivity index (χ1v) is 9.20. The first-order chi connectivity index (χ1) is 13.2. The second-order valence-corrected chi connectivity index (χ2v) is 6.29. The van der Waals surface area contributed by atoms with Crippen molar-refractivity contribution in [3.63, 3.8) is 0 Å². The van der Waals surface area contributed by atoms with Gasteiger partial charge in [0, 0.05) is 5.57 Å². The van der Waals surface area contributed by atoms with Crippen molar-refractivity contribution in [2.24, 2.45) is 0 Å². The molecule has 0 aromatic rings. The van der Waals surface area contributed by atoms with Crippen molar-refractivity contribution in [1.82, 2.24) is 0 Å². The number of rotatable bonds is 3. The zero-order valence-electron chi connectivity index (χ0n) is 19.6. The molecule has 0 bridgehead atoms. The maximum Gasteiger partial charge on any atom is 0.330 e. The van der Waals surface area contributed by atoms with Crippen molar-refractivity contribution in [2.75, 3.05) is 0 Å². The Balaban J connectivity index is -0.0000000616. The van der Waals surface area contributed by atoms with Gasteiger partial charge in [0.05, 0.1) is 36.6 Å². The molecule has 8 nitrogen and oxygen atoms in total. The second-order valence-electron chi connectivity index (χ2n) is 6.29. The van der Waals surface area contributed by atoms with Crippen molar-refractivity contribution >= 4 is 5.97 Å². The molecule has 0 aliphatic heterocycles. The van der Waals surface area contributed by atoms with Crippen LogP contribution in [0, 0.1) is 34.6 Å². The Kier molecular flexibility index (Phi) is 46.7. The smallest absolute Gasteiger partial charge is 0.330 e. The van der Waals surface area contributed by atoms with E-state index in [4.69, 9.17) is 5.11 Å². The van der Waals surface area contributed by atoms with Crippen LogP contribution in [-0.4, -0.2) is 47.7 Å². The molecular formula is C22H41O8. The molecule has 0 heterocycles. The van der Waals surface area contributed by atoms with Crippen LogP contribution in [0.25, 0.3) is 0 Å². The normalized spacial score (nSPS) is 11.0. The van der Waals surface area contributed by atoms with Gasteiger partial charge in [-0.3, -0.25) is 0 Å². The van der Waals surface area contributed by atoms with Crippen LogP contribution in [-0.2, 0) is 35.4 Å². The van der Waals surface area contributed by atoms with E-state index in [2.05, 4.69) is 34.6 Å². The third-order valence-corrected chi connectivity index (χ3v) is 1.09. The van der Waals surface area contributed by atoms with E-state index < -0.39 is 42.6 Å². The SMILES string of the molecule is CC(=CCC(C)[O])C(=O)O.[CH2]C(C)[O].[CH2]C(C)[O].[CH2]C(C)[O].[CH2]C(C)[O].[CH2]C(C)[O]. The van der Waals surface area contributed by atoms with Gasteiger partial charge in [0.15, 0.2) is 0 Å². The number of hydrogen-bond acceptors (Lipinski definition) is 1. The molecule has 0 spiro atoms. The average Bonchev–Trinajstić information content (AvgIpc) is 2.41. The van der Waals surface area contributed by atoms with Crippen LogP contribution in [0.15, 0.2) is 11.6 Å². The van der Waals surface area contributed by atoms with Crippen LogP contribution in [0.2, 0.25) is 0 Å². The molecule has 0 saturated heterocycles. The standard InChI is InChI=1S/C7H11O3.5C3H6O/c1-5(7(9)10)3-4-6(2)8;5*1-3(2)4/h3,6H,4H2,1-2H3,(H,9,10);5*3H,1H2,2H3. The quantitative estimate of drug-likeness (QED) is 0.653. The number of carbonyl (C=O) groups is 1. The molecule has 0 amide bonds. The van der Waals surface area contributed by atoms with E-state index in [9.17, 15) is 35.4 Å². The van der Waals surface area contributed by atoms with Crippen molar-refractivity contribution in [1.29, 1.82) is 0 Å². The summed E-state index contributed by atoms with van der Waals surface area (Å²) in [5.41, 5.74) is 0.239. The molecule has 0 aromatic heterocycles. The number of hydrogen-bond donors (Lipinski definition) is 1. The Morgan fingerprint density at radius 1 is 0.667 bits per heavy atom. The summed E-state index contributed by atoms with van der Waals surface area (Å²) in [7, 11) is 0. The first-order valence-electron chi connectivity index (χ1n) is 9.20. The van der Waals surface area contributed by atoms with Crippen molar-refractivity contribution in [3.8, 4) is 0 Å². The Morgan fingerprint density at radius 3 is 0.933 bits per heavy atom. The maximum absolute atomic E-state index is 10.4. The summed E-state index contributed by atoms with van der Waals surface area (Å²) in [6, 6.07) is 0. The molecule has 6 atom stereocenters. The third-order valence-electron chi connectivity index (χ3n) is 1.09. The molecule has 30 heavy (non-hydrogen) atoms. The Bertz CT molecular complexity index is 287. The lowest BCUT2D eigenvalue weighted by Crippen LogP contribution is -1.99. The Morgan fingerprint density at radius 2 is 0.833 bits per heavy atom. The van der Waals surface area contributed by atoms with Crippen LogP contribution >= 0.6 is 0 Å². The Labute approximate surface area is 184 Å². The van der Waals surface area contributed by atoms with Gasteiger partial charge < -0.3 is 5.11 Å². The molecular weight excluding hydrogens is 392 g/mol. The predicted octanol–water partition coefficient (Wildman–Crippen LogP) is 4.42. The van der Waals surface area contributed by atoms with Crippen LogP contribution in [0.4, 0.5) is 0 Å². The topological polar surface area (TPSA) is 157 Å². The third kappa shape index (κ3) is 286. The van der Waals surface area contributed by atoms with E-state index in [0.29, 0.717) is 0 Å². The minimum atomic E-state index is -0.958. The minimum absolute atomic E-state index is 0.239. The zero-order chi connectivity index (χ0) is 26.0. The summed E-state index contributed by atoms with van der Waals surface area (Å²) in [4.78, 5) is 10.1. The van der Waals surface area contributed by atoms with Gasteiger partial charge in [-0.2, -0.15) is 0 Å². The molecule has 0 fully saturated rings. The first kappa shape index (κ1) is 43.0. The molecule has 1 N–H and O–H groups in total. The van der Waals surface area contributed by atoms with Crippen LogP contribution < -0.4 is 0 Å². The van der Waals surface area contributed by atoms with Crippen LogP contribution in [0.5, 0.6) is 0 Å². The predicted molar refractivity (Wildman–Crippen MR) is 114 cm³/mol. The van der Waals surface area contributed by atoms with Gasteiger partial charge in [0.25, 0.3) is 0 Å². The Hall–Kier alpha value is -1.03. The number of carboxylic acids is 1. The van der Waals surface area contributed by atoms with Crippen molar-refractivity contribution in [3.05, 3.63) is 46.3 Å². The average molecular weight is 434 g/mol. The summed E-state index contributed by atoms with van der Waals surface area (Å²) in [6.07, 6.45) is -2.31. The van der Waals surface area contributed by atoms with Crippen molar-refractivity contribution in [2.45, 2.75) is 91.5 Å². The highest BCUT2D eigenvalue weighted by Gasteiger charge is 2.00. The lowest BCUT2D eigenvalue weighted by molar-refractivity contribution is -0.132. The molecule has 6 unspecified atom stereocenters. The fourth-order valence-electron chi connectivity index (χ4n) is 0.430. The molecule has 0 aliphatic carbocycles. The molecule has 0 saturated carbocycles. The van der Waals surface area contributed by atoms with Crippen LogP contribution in [0.3, 0.4) is 0 Å². The molecule has 0 aromatic carbocycles. The largest absolute Gasteiger partial charge is 0.478 e. The van der Waals surface area contributed by atoms with Crippen LogP contribution in [0.1, 0.15) is 54.9 Å². The van der Waals surface area contributed by atoms with E-state index >= 15 is 0 Å². The second kappa shape index (κ2) is 32.6. The summed E-state index contributed by atoms with van der Waals surface area (Å²) in [6.45, 7) is 25.9.